The van der Waals surface area contributed by atoms with Gasteiger partial charge in [0, 0.05) is 44.3 Å². The summed E-state index contributed by atoms with van der Waals surface area (Å²) in [5.74, 6) is 0. The van der Waals surface area contributed by atoms with Crippen LogP contribution < -0.4 is 0 Å². The van der Waals surface area contributed by atoms with E-state index in [0.717, 1.165) is 36.8 Å². The lowest BCUT2D eigenvalue weighted by atomic mass is 9.85. The zero-order valence-corrected chi connectivity index (χ0v) is 25.3. The second-order valence-electron chi connectivity index (χ2n) is 13.6. The lowest BCUT2D eigenvalue weighted by molar-refractivity contribution is -0.335. The highest BCUT2D eigenvalue weighted by Gasteiger charge is 2.57. The smallest absolute Gasteiger partial charge is 0.184 e. The Balaban J connectivity index is 0.879. The van der Waals surface area contributed by atoms with Crippen molar-refractivity contribution in [1.82, 2.24) is 0 Å². The third-order valence-corrected chi connectivity index (χ3v) is 10.4. The third kappa shape index (κ3) is 5.87. The SMILES string of the molecule is C[C@]12C[C@H](CCOCc3ccccc3)O[C@@H]1C[C@H](O)C1O[C@@H]3C[C@@H]4O[C@@H]5CO[C@@H](c6ccccc6)O[C@H]5C[C@H]4O[C@H]3C[C@H]1O2. The van der Waals surface area contributed by atoms with Crippen molar-refractivity contribution in [2.75, 3.05) is 13.2 Å². The molecule has 9 heteroatoms. The molecule has 2 aromatic carbocycles. The molecule has 2 aromatic rings. The summed E-state index contributed by atoms with van der Waals surface area (Å²) in [7, 11) is 0. The summed E-state index contributed by atoms with van der Waals surface area (Å²) >= 11 is 0. The minimum Gasteiger partial charge on any atom is -0.390 e. The summed E-state index contributed by atoms with van der Waals surface area (Å²) in [5, 5.41) is 11.4. The van der Waals surface area contributed by atoms with Gasteiger partial charge >= 0.3 is 0 Å². The first-order chi connectivity index (χ1) is 21.5. The van der Waals surface area contributed by atoms with Crippen molar-refractivity contribution >= 4 is 0 Å². The zero-order valence-electron chi connectivity index (χ0n) is 25.3. The van der Waals surface area contributed by atoms with Crippen molar-refractivity contribution in [3.8, 4) is 0 Å². The van der Waals surface area contributed by atoms with Crippen molar-refractivity contribution in [2.24, 2.45) is 0 Å². The van der Waals surface area contributed by atoms with E-state index in [1.165, 1.54) is 0 Å². The molecule has 1 N–H and O–H groups in total. The summed E-state index contributed by atoms with van der Waals surface area (Å²) in [6.07, 6.45) is 1.58. The summed E-state index contributed by atoms with van der Waals surface area (Å²) in [6.45, 7) is 3.82. The molecule has 0 radical (unpaired) electrons. The Labute approximate surface area is 259 Å². The molecule has 0 amide bonds. The Morgan fingerprint density at radius 2 is 1.41 bits per heavy atom. The normalized spacial score (nSPS) is 44.8. The number of benzene rings is 2. The predicted octanol–water partition coefficient (Wildman–Crippen LogP) is 4.25. The quantitative estimate of drug-likeness (QED) is 0.484. The largest absolute Gasteiger partial charge is 0.390 e. The summed E-state index contributed by atoms with van der Waals surface area (Å²) < 4.78 is 51.4. The minimum atomic E-state index is -0.676. The number of aliphatic hydroxyl groups is 1. The number of aliphatic hydroxyl groups excluding tert-OH is 1. The van der Waals surface area contributed by atoms with Gasteiger partial charge in [0.1, 0.15) is 12.2 Å². The molecule has 6 saturated heterocycles. The Morgan fingerprint density at radius 1 is 0.750 bits per heavy atom. The average Bonchev–Trinajstić information content (AvgIpc) is 3.30. The van der Waals surface area contributed by atoms with E-state index in [9.17, 15) is 5.11 Å². The Hall–Kier alpha value is -1.92. The highest BCUT2D eigenvalue weighted by atomic mass is 16.7. The zero-order chi connectivity index (χ0) is 29.7. The van der Waals surface area contributed by atoms with Gasteiger partial charge in [0.2, 0.25) is 0 Å². The predicted molar refractivity (Wildman–Crippen MR) is 158 cm³/mol. The first-order valence-electron chi connectivity index (χ1n) is 16.4. The van der Waals surface area contributed by atoms with Gasteiger partial charge in [-0.1, -0.05) is 60.7 Å². The van der Waals surface area contributed by atoms with E-state index in [0.29, 0.717) is 32.7 Å². The molecule has 0 aromatic heterocycles. The molecule has 0 spiro atoms. The van der Waals surface area contributed by atoms with E-state index >= 15 is 0 Å². The van der Waals surface area contributed by atoms with Crippen LogP contribution in [0.25, 0.3) is 0 Å². The van der Waals surface area contributed by atoms with Crippen LogP contribution in [-0.2, 0) is 44.5 Å². The van der Waals surface area contributed by atoms with Crippen molar-refractivity contribution in [3.63, 3.8) is 0 Å². The molecule has 0 bridgehead atoms. The van der Waals surface area contributed by atoms with Gasteiger partial charge in [-0.25, -0.2) is 0 Å². The average molecular weight is 609 g/mol. The molecule has 6 aliphatic rings. The molecule has 6 heterocycles. The highest BCUT2D eigenvalue weighted by molar-refractivity contribution is 5.17. The Bertz CT molecular complexity index is 1250. The van der Waals surface area contributed by atoms with Crippen molar-refractivity contribution in [1.29, 1.82) is 0 Å². The maximum Gasteiger partial charge on any atom is 0.184 e. The third-order valence-electron chi connectivity index (χ3n) is 10.4. The summed E-state index contributed by atoms with van der Waals surface area (Å²) in [5.41, 5.74) is 1.68. The molecule has 13 atom stereocenters. The maximum atomic E-state index is 11.4. The molecule has 6 fully saturated rings. The van der Waals surface area contributed by atoms with E-state index in [2.05, 4.69) is 19.1 Å². The number of ether oxygens (including phenoxy) is 8. The van der Waals surface area contributed by atoms with Crippen LogP contribution in [0.15, 0.2) is 60.7 Å². The molecule has 6 aliphatic heterocycles. The highest BCUT2D eigenvalue weighted by Crippen LogP contribution is 2.47. The molecule has 9 nitrogen and oxygen atoms in total. The van der Waals surface area contributed by atoms with Gasteiger partial charge in [0.15, 0.2) is 6.29 Å². The minimum absolute atomic E-state index is 0.0278. The van der Waals surface area contributed by atoms with Crippen LogP contribution in [0, 0.1) is 0 Å². The van der Waals surface area contributed by atoms with E-state index in [1.54, 1.807) is 0 Å². The molecule has 0 saturated carbocycles. The van der Waals surface area contributed by atoms with E-state index in [-0.39, 0.29) is 54.9 Å². The first-order valence-corrected chi connectivity index (χ1v) is 16.4. The topological polar surface area (TPSA) is 94.1 Å². The van der Waals surface area contributed by atoms with Gasteiger partial charge in [-0.15, -0.1) is 0 Å². The van der Waals surface area contributed by atoms with Crippen LogP contribution in [-0.4, -0.2) is 91.1 Å². The van der Waals surface area contributed by atoms with Gasteiger partial charge < -0.3 is 43.0 Å². The molecular formula is C35H44O9. The Kier molecular flexibility index (Phi) is 8.28. The lowest BCUT2D eigenvalue weighted by Crippen LogP contribution is -2.63. The van der Waals surface area contributed by atoms with Gasteiger partial charge in [0.05, 0.1) is 73.8 Å². The molecule has 8 rings (SSSR count). The van der Waals surface area contributed by atoms with Crippen LogP contribution in [0.4, 0.5) is 0 Å². The monoisotopic (exact) mass is 608 g/mol. The van der Waals surface area contributed by atoms with E-state index in [1.807, 2.05) is 48.5 Å². The van der Waals surface area contributed by atoms with Gasteiger partial charge in [-0.2, -0.15) is 0 Å². The van der Waals surface area contributed by atoms with Crippen LogP contribution in [0.3, 0.4) is 0 Å². The summed E-state index contributed by atoms with van der Waals surface area (Å²) in [4.78, 5) is 0. The van der Waals surface area contributed by atoms with E-state index < -0.39 is 24.1 Å². The standard InChI is InChI=1S/C35H44O9/c1-35-18-23(12-13-37-19-21-8-4-2-5-9-21)39-32(35)14-24(36)33-30(44-35)17-27-28(42-33)15-26-25(40-27)16-29-31(41-26)20-38-34(43-29)22-10-6-3-7-11-22/h2-11,23-34,36H,12-20H2,1H3/t23-,24-,25+,26-,27-,28+,29-,30+,31+,32+,33?,34+,35-/m0/s1. The molecule has 1 unspecified atom stereocenters. The van der Waals surface area contributed by atoms with Crippen LogP contribution in [0.1, 0.15) is 62.9 Å². The fourth-order valence-corrected chi connectivity index (χ4v) is 8.17. The molecule has 238 valence electrons. The fourth-order valence-electron chi connectivity index (χ4n) is 8.17. The maximum absolute atomic E-state index is 11.4. The number of hydrogen-bond acceptors (Lipinski definition) is 9. The van der Waals surface area contributed by atoms with Crippen molar-refractivity contribution in [2.45, 2.75) is 131 Å². The van der Waals surface area contributed by atoms with Gasteiger partial charge in [-0.3, -0.25) is 0 Å². The van der Waals surface area contributed by atoms with Gasteiger partial charge in [0.25, 0.3) is 0 Å². The van der Waals surface area contributed by atoms with Crippen LogP contribution in [0.5, 0.6) is 0 Å². The molecule has 0 aliphatic carbocycles. The van der Waals surface area contributed by atoms with Crippen LogP contribution >= 0.6 is 0 Å². The van der Waals surface area contributed by atoms with Crippen molar-refractivity contribution in [3.05, 3.63) is 71.8 Å². The number of fused-ring (bicyclic) bond motifs is 5. The first kappa shape index (κ1) is 29.5. The van der Waals surface area contributed by atoms with Gasteiger partial charge in [-0.05, 0) is 18.9 Å². The summed E-state index contributed by atoms with van der Waals surface area (Å²) in [6, 6.07) is 20.2. The lowest BCUT2D eigenvalue weighted by Gasteiger charge is -2.53. The van der Waals surface area contributed by atoms with Crippen molar-refractivity contribution < 1.29 is 43.0 Å². The second kappa shape index (κ2) is 12.4. The molecular weight excluding hydrogens is 564 g/mol. The Morgan fingerprint density at radius 3 is 2.18 bits per heavy atom. The van der Waals surface area contributed by atoms with E-state index in [4.69, 9.17) is 37.9 Å². The van der Waals surface area contributed by atoms with Crippen LogP contribution in [0.2, 0.25) is 0 Å². The number of hydrogen-bond donors (Lipinski definition) is 1. The number of rotatable bonds is 6. The molecule has 44 heavy (non-hydrogen) atoms. The second-order valence-corrected chi connectivity index (χ2v) is 13.6. The fraction of sp³-hybridized carbons (Fsp3) is 0.657.